The number of allylic oxidation sites excluding steroid dienone is 1. The Morgan fingerprint density at radius 3 is 2.03 bits per heavy atom. The summed E-state index contributed by atoms with van der Waals surface area (Å²) in [6, 6.07) is 10.5. The standard InChI is InChI=1S/C21H16ClF4NO3S.2C2H6/c1-12(21(24,25)26)8-20(30)27(13(2)29)17-10-18(15(22)9-16(17)23)31-19(11-28)14-6-4-3-5-7-14;2*1-2/h3-11,19H,1-2H3;2*1-2H3/b12-8+;;. The van der Waals surface area contributed by atoms with E-state index in [4.69, 9.17) is 11.6 Å². The predicted octanol–water partition coefficient (Wildman–Crippen LogP) is 7.95. The number of hydrogen-bond acceptors (Lipinski definition) is 4. The predicted molar refractivity (Wildman–Crippen MR) is 133 cm³/mol. The molecule has 192 valence electrons. The van der Waals surface area contributed by atoms with E-state index in [2.05, 4.69) is 0 Å². The van der Waals surface area contributed by atoms with E-state index in [9.17, 15) is 31.9 Å². The molecule has 0 radical (unpaired) electrons. The number of carbonyl (C=O) groups is 3. The van der Waals surface area contributed by atoms with Crippen LogP contribution in [0.1, 0.15) is 52.4 Å². The summed E-state index contributed by atoms with van der Waals surface area (Å²) >= 11 is 7.01. The SMILES string of the molecule is CC.CC.CC(=O)N(C(=O)/C=C(\C)C(F)(F)F)c1cc(SC(C=O)c2ccccc2)c(Cl)cc1F. The van der Waals surface area contributed by atoms with Crippen molar-refractivity contribution in [1.29, 1.82) is 0 Å². The van der Waals surface area contributed by atoms with Gasteiger partial charge in [0.25, 0.3) is 5.91 Å². The zero-order chi connectivity index (χ0) is 27.3. The number of nitrogens with zero attached hydrogens (tertiary/aromatic N) is 1. The highest BCUT2D eigenvalue weighted by molar-refractivity contribution is 8.00. The van der Waals surface area contributed by atoms with Gasteiger partial charge >= 0.3 is 6.18 Å². The van der Waals surface area contributed by atoms with E-state index in [1.807, 2.05) is 27.7 Å². The lowest BCUT2D eigenvalue weighted by Crippen LogP contribution is -2.35. The minimum absolute atomic E-state index is 0.0907. The molecule has 0 heterocycles. The molecule has 0 bridgehead atoms. The number of anilines is 1. The van der Waals surface area contributed by atoms with E-state index in [1.54, 1.807) is 30.3 Å². The van der Waals surface area contributed by atoms with Crippen LogP contribution < -0.4 is 4.90 Å². The lowest BCUT2D eigenvalue weighted by Gasteiger charge is -2.21. The van der Waals surface area contributed by atoms with Crippen molar-refractivity contribution >= 4 is 47.2 Å². The van der Waals surface area contributed by atoms with E-state index in [1.165, 1.54) is 0 Å². The van der Waals surface area contributed by atoms with Crippen LogP contribution in [0.2, 0.25) is 5.02 Å². The summed E-state index contributed by atoms with van der Waals surface area (Å²) in [6.07, 6.45) is -3.94. The summed E-state index contributed by atoms with van der Waals surface area (Å²) in [7, 11) is 0. The molecule has 2 aromatic rings. The fourth-order valence-corrected chi connectivity index (χ4v) is 3.77. The van der Waals surface area contributed by atoms with Gasteiger partial charge in [-0.15, -0.1) is 11.8 Å². The third-order valence-corrected chi connectivity index (χ3v) is 5.72. The van der Waals surface area contributed by atoms with Crippen LogP contribution in [0.25, 0.3) is 0 Å². The highest BCUT2D eigenvalue weighted by Gasteiger charge is 2.32. The molecular weight excluding hydrogens is 506 g/mol. The minimum Gasteiger partial charge on any atom is -0.302 e. The van der Waals surface area contributed by atoms with Crippen molar-refractivity contribution in [1.82, 2.24) is 0 Å². The third kappa shape index (κ3) is 9.49. The van der Waals surface area contributed by atoms with Gasteiger partial charge in [-0.2, -0.15) is 13.2 Å². The maximum Gasteiger partial charge on any atom is 0.412 e. The summed E-state index contributed by atoms with van der Waals surface area (Å²) in [6.45, 7) is 9.57. The normalized spacial score (nSPS) is 11.8. The molecule has 0 aliphatic carbocycles. The van der Waals surface area contributed by atoms with Gasteiger partial charge in [0, 0.05) is 23.5 Å². The molecule has 0 aromatic heterocycles. The van der Waals surface area contributed by atoms with Gasteiger partial charge < -0.3 is 4.79 Å². The third-order valence-electron chi connectivity index (χ3n) is 4.07. The number of imide groups is 1. The zero-order valence-corrected chi connectivity index (χ0v) is 21.8. The van der Waals surface area contributed by atoms with Crippen LogP contribution in [0.3, 0.4) is 0 Å². The molecule has 0 aliphatic heterocycles. The van der Waals surface area contributed by atoms with Crippen LogP contribution in [-0.4, -0.2) is 24.3 Å². The Labute approximate surface area is 212 Å². The Morgan fingerprint density at radius 1 is 1.03 bits per heavy atom. The van der Waals surface area contributed by atoms with Gasteiger partial charge in [0.15, 0.2) is 0 Å². The number of amides is 2. The molecule has 1 atom stereocenters. The second kappa shape index (κ2) is 15.4. The van der Waals surface area contributed by atoms with Gasteiger partial charge in [-0.25, -0.2) is 9.29 Å². The summed E-state index contributed by atoms with van der Waals surface area (Å²) in [5.74, 6) is -3.45. The van der Waals surface area contributed by atoms with E-state index < -0.39 is 40.3 Å². The molecule has 0 N–H and O–H groups in total. The Hall–Kier alpha value is -2.65. The van der Waals surface area contributed by atoms with Gasteiger partial charge in [-0.05, 0) is 24.6 Å². The highest BCUT2D eigenvalue weighted by atomic mass is 35.5. The second-order valence-electron chi connectivity index (χ2n) is 6.34. The van der Waals surface area contributed by atoms with E-state index in [-0.39, 0.29) is 20.9 Å². The Balaban J connectivity index is 0.00000274. The van der Waals surface area contributed by atoms with Gasteiger partial charge in [0.1, 0.15) is 12.1 Å². The first-order valence-corrected chi connectivity index (χ1v) is 12.0. The van der Waals surface area contributed by atoms with Crippen molar-refractivity contribution in [3.05, 3.63) is 70.5 Å². The number of carbonyl (C=O) groups excluding carboxylic acids is 3. The number of aldehydes is 1. The fourth-order valence-electron chi connectivity index (χ4n) is 2.51. The molecule has 0 aliphatic rings. The first kappa shape index (κ1) is 32.4. The summed E-state index contributed by atoms with van der Waals surface area (Å²) in [5, 5.41) is -0.821. The fraction of sp³-hybridized carbons (Fsp3) is 0.320. The number of thioether (sulfide) groups is 1. The van der Waals surface area contributed by atoms with Gasteiger partial charge in [0.05, 0.1) is 16.0 Å². The molecule has 35 heavy (non-hydrogen) atoms. The largest absolute Gasteiger partial charge is 0.412 e. The lowest BCUT2D eigenvalue weighted by atomic mass is 10.2. The van der Waals surface area contributed by atoms with Crippen LogP contribution >= 0.6 is 23.4 Å². The van der Waals surface area contributed by atoms with Gasteiger partial charge in [0.2, 0.25) is 5.91 Å². The first-order valence-electron chi connectivity index (χ1n) is 10.7. The van der Waals surface area contributed by atoms with E-state index in [0.717, 1.165) is 30.8 Å². The average molecular weight is 534 g/mol. The summed E-state index contributed by atoms with van der Waals surface area (Å²) in [4.78, 5) is 36.4. The molecular formula is C25H28ClF4NO3S. The highest BCUT2D eigenvalue weighted by Crippen LogP contribution is 2.40. The Bertz CT molecular complexity index is 1030. The monoisotopic (exact) mass is 533 g/mol. The number of alkyl halides is 3. The molecule has 0 saturated carbocycles. The smallest absolute Gasteiger partial charge is 0.302 e. The minimum atomic E-state index is -4.79. The molecule has 4 nitrogen and oxygen atoms in total. The molecule has 0 spiro atoms. The molecule has 10 heteroatoms. The summed E-state index contributed by atoms with van der Waals surface area (Å²) in [5.41, 5.74) is -1.20. The molecule has 2 aromatic carbocycles. The number of rotatable bonds is 6. The lowest BCUT2D eigenvalue weighted by molar-refractivity contribution is -0.123. The Morgan fingerprint density at radius 2 is 1.57 bits per heavy atom. The number of benzene rings is 2. The average Bonchev–Trinajstić information content (AvgIpc) is 2.82. The van der Waals surface area contributed by atoms with Crippen molar-refractivity contribution in [3.63, 3.8) is 0 Å². The van der Waals surface area contributed by atoms with Crippen LogP contribution in [0, 0.1) is 5.82 Å². The topological polar surface area (TPSA) is 54.5 Å². The molecule has 0 saturated heterocycles. The van der Waals surface area contributed by atoms with Crippen LogP contribution in [0.15, 0.2) is 59.0 Å². The van der Waals surface area contributed by atoms with Crippen molar-refractivity contribution in [2.24, 2.45) is 0 Å². The maximum absolute atomic E-state index is 14.6. The van der Waals surface area contributed by atoms with Crippen molar-refractivity contribution in [2.75, 3.05) is 4.90 Å². The molecule has 2 rings (SSSR count). The number of hydrogen-bond donors (Lipinski definition) is 0. The zero-order valence-electron chi connectivity index (χ0n) is 20.2. The molecule has 0 fully saturated rings. The van der Waals surface area contributed by atoms with Crippen LogP contribution in [0.4, 0.5) is 23.2 Å². The van der Waals surface area contributed by atoms with Gasteiger partial charge in [-0.3, -0.25) is 9.59 Å². The van der Waals surface area contributed by atoms with Gasteiger partial charge in [-0.1, -0.05) is 69.6 Å². The van der Waals surface area contributed by atoms with E-state index in [0.29, 0.717) is 18.8 Å². The maximum atomic E-state index is 14.6. The quantitative estimate of drug-likeness (QED) is 0.164. The van der Waals surface area contributed by atoms with E-state index >= 15 is 0 Å². The molecule has 2 amide bonds. The van der Waals surface area contributed by atoms with Crippen LogP contribution in [-0.2, 0) is 14.4 Å². The van der Waals surface area contributed by atoms with Crippen molar-refractivity contribution in [3.8, 4) is 0 Å². The number of halogens is 5. The second-order valence-corrected chi connectivity index (χ2v) is 7.93. The first-order chi connectivity index (χ1) is 16.5. The Kier molecular flexibility index (Phi) is 14.2. The van der Waals surface area contributed by atoms with Crippen molar-refractivity contribution in [2.45, 2.75) is 57.9 Å². The van der Waals surface area contributed by atoms with Crippen LogP contribution in [0.5, 0.6) is 0 Å². The summed E-state index contributed by atoms with van der Waals surface area (Å²) < 4.78 is 52.9. The molecule has 1 unspecified atom stereocenters. The van der Waals surface area contributed by atoms with Crippen molar-refractivity contribution < 1.29 is 31.9 Å².